The summed E-state index contributed by atoms with van der Waals surface area (Å²) in [6.07, 6.45) is 3.57. The van der Waals surface area contributed by atoms with Crippen LogP contribution in [0.4, 0.5) is 10.1 Å². The number of nitrogens with one attached hydrogen (secondary N) is 1. The van der Waals surface area contributed by atoms with Crippen molar-refractivity contribution in [1.29, 1.82) is 0 Å². The molecule has 0 radical (unpaired) electrons. The van der Waals surface area contributed by atoms with Gasteiger partial charge < -0.3 is 10.4 Å². The summed E-state index contributed by atoms with van der Waals surface area (Å²) in [5.41, 5.74) is 4.83. The zero-order chi connectivity index (χ0) is 20.9. The highest BCUT2D eigenvalue weighted by Crippen LogP contribution is 2.48. The number of carbonyl (C=O) groups excluding carboxylic acids is 1. The largest absolute Gasteiger partial charge is 0.395 e. The fraction of sp³-hybridized carbons (Fsp3) is 0.160. The summed E-state index contributed by atoms with van der Waals surface area (Å²) in [4.78, 5) is 12.5. The molecule has 2 aliphatic rings. The first-order chi connectivity index (χ1) is 14.5. The maximum absolute atomic E-state index is 14.1. The van der Waals surface area contributed by atoms with Crippen LogP contribution >= 0.6 is 11.6 Å². The van der Waals surface area contributed by atoms with Crippen LogP contribution in [0.1, 0.15) is 29.5 Å². The Morgan fingerprint density at radius 1 is 1.07 bits per heavy atom. The molecule has 0 bridgehead atoms. The van der Waals surface area contributed by atoms with Gasteiger partial charge in [0.15, 0.2) is 0 Å². The van der Waals surface area contributed by atoms with Crippen molar-refractivity contribution in [1.82, 2.24) is 0 Å². The van der Waals surface area contributed by atoms with E-state index in [1.165, 1.54) is 6.07 Å². The van der Waals surface area contributed by atoms with E-state index < -0.39 is 0 Å². The first kappa shape index (κ1) is 19.0. The van der Waals surface area contributed by atoms with E-state index in [1.807, 2.05) is 30.3 Å². The van der Waals surface area contributed by atoms with E-state index in [2.05, 4.69) is 5.32 Å². The lowest BCUT2D eigenvalue weighted by molar-refractivity contribution is -0.110. The molecule has 0 aromatic heterocycles. The minimum atomic E-state index is -0.381. The second-order valence-electron chi connectivity index (χ2n) is 7.93. The molecule has 1 amide bonds. The highest BCUT2D eigenvalue weighted by atomic mass is 35.5. The van der Waals surface area contributed by atoms with Crippen molar-refractivity contribution < 1.29 is 14.3 Å². The molecule has 150 valence electrons. The van der Waals surface area contributed by atoms with Crippen LogP contribution in [0, 0.1) is 5.82 Å². The van der Waals surface area contributed by atoms with Crippen LogP contribution in [-0.4, -0.2) is 17.6 Å². The molecule has 2 N–H and O–H groups in total. The van der Waals surface area contributed by atoms with E-state index in [4.69, 9.17) is 11.6 Å². The SMILES string of the molecule is O=C1Nc2cc(Cl)c(-c3ccc(C4(CO)CC4)cc3)cc2/C1=C/c1ccccc1F. The molecule has 1 aliphatic carbocycles. The number of rotatable bonds is 4. The summed E-state index contributed by atoms with van der Waals surface area (Å²) in [7, 11) is 0. The molecule has 1 heterocycles. The standard InChI is InChI=1S/C25H19ClFNO2/c26-21-13-23-19(20(24(30)28-23)11-16-3-1-2-4-22(16)27)12-18(21)15-5-7-17(8-6-15)25(14-29)9-10-25/h1-8,11-13,29H,9-10,14H2,(H,28,30)/b20-11-. The van der Waals surface area contributed by atoms with Gasteiger partial charge in [-0.1, -0.05) is 54.1 Å². The van der Waals surface area contributed by atoms with Gasteiger partial charge in [0.2, 0.25) is 0 Å². The minimum Gasteiger partial charge on any atom is -0.395 e. The average Bonchev–Trinajstić information content (AvgIpc) is 3.49. The molecular formula is C25H19ClFNO2. The number of fused-ring (bicyclic) bond motifs is 1. The predicted molar refractivity (Wildman–Crippen MR) is 118 cm³/mol. The lowest BCUT2D eigenvalue weighted by atomic mass is 9.93. The van der Waals surface area contributed by atoms with Crippen molar-refractivity contribution in [3.05, 3.63) is 88.2 Å². The van der Waals surface area contributed by atoms with E-state index in [1.54, 1.807) is 30.3 Å². The highest BCUT2D eigenvalue weighted by molar-refractivity contribution is 6.38. The molecule has 3 aromatic carbocycles. The molecular weight excluding hydrogens is 401 g/mol. The van der Waals surface area contributed by atoms with Crippen LogP contribution < -0.4 is 5.32 Å². The van der Waals surface area contributed by atoms with Crippen LogP contribution in [0.3, 0.4) is 0 Å². The molecule has 5 heteroatoms. The number of carbonyl (C=O) groups is 1. The molecule has 1 saturated carbocycles. The Balaban J connectivity index is 1.56. The van der Waals surface area contributed by atoms with Gasteiger partial charge in [-0.05, 0) is 48.2 Å². The Bertz CT molecular complexity index is 1200. The Kier molecular flexibility index (Phi) is 4.49. The normalized spacial score (nSPS) is 17.7. The van der Waals surface area contributed by atoms with E-state index >= 15 is 0 Å². The number of halogens is 2. The van der Waals surface area contributed by atoms with Crippen LogP contribution in [-0.2, 0) is 10.2 Å². The smallest absolute Gasteiger partial charge is 0.256 e. The van der Waals surface area contributed by atoms with Crippen molar-refractivity contribution in [3.8, 4) is 11.1 Å². The summed E-state index contributed by atoms with van der Waals surface area (Å²) in [6, 6.07) is 18.0. The second-order valence-corrected chi connectivity index (χ2v) is 8.33. The topological polar surface area (TPSA) is 49.3 Å². The number of aliphatic hydroxyl groups is 1. The average molecular weight is 420 g/mol. The summed E-state index contributed by atoms with van der Waals surface area (Å²) in [6.45, 7) is 0.157. The summed E-state index contributed by atoms with van der Waals surface area (Å²) in [5, 5.41) is 13.0. The van der Waals surface area contributed by atoms with Gasteiger partial charge in [0.25, 0.3) is 5.91 Å². The van der Waals surface area contributed by atoms with Crippen LogP contribution in [0.5, 0.6) is 0 Å². The van der Waals surface area contributed by atoms with Crippen LogP contribution in [0.2, 0.25) is 5.02 Å². The molecule has 30 heavy (non-hydrogen) atoms. The van der Waals surface area contributed by atoms with Gasteiger partial charge in [-0.3, -0.25) is 4.79 Å². The van der Waals surface area contributed by atoms with Crippen LogP contribution in [0.15, 0.2) is 60.7 Å². The number of aliphatic hydroxyl groups excluding tert-OH is 1. The first-order valence-electron chi connectivity index (χ1n) is 9.84. The third-order valence-electron chi connectivity index (χ3n) is 6.06. The van der Waals surface area contributed by atoms with E-state index in [-0.39, 0.29) is 23.7 Å². The second kappa shape index (κ2) is 7.08. The van der Waals surface area contributed by atoms with Crippen molar-refractivity contribution in [2.45, 2.75) is 18.3 Å². The molecule has 0 atom stereocenters. The molecule has 5 rings (SSSR count). The van der Waals surface area contributed by atoms with Gasteiger partial charge in [-0.15, -0.1) is 0 Å². The molecule has 1 aliphatic heterocycles. The third-order valence-corrected chi connectivity index (χ3v) is 6.37. The van der Waals surface area contributed by atoms with Crippen molar-refractivity contribution in [2.24, 2.45) is 0 Å². The van der Waals surface area contributed by atoms with Gasteiger partial charge >= 0.3 is 0 Å². The maximum Gasteiger partial charge on any atom is 0.256 e. The van der Waals surface area contributed by atoms with E-state index in [0.717, 1.165) is 29.5 Å². The number of amides is 1. The molecule has 0 saturated heterocycles. The summed E-state index contributed by atoms with van der Waals surface area (Å²) in [5.74, 6) is -0.663. The number of benzene rings is 3. The number of anilines is 1. The van der Waals surface area contributed by atoms with E-state index in [0.29, 0.717) is 27.4 Å². The van der Waals surface area contributed by atoms with Gasteiger partial charge in [0.1, 0.15) is 5.82 Å². The van der Waals surface area contributed by atoms with E-state index in [9.17, 15) is 14.3 Å². The Morgan fingerprint density at radius 3 is 2.47 bits per heavy atom. The predicted octanol–water partition coefficient (Wildman–Crippen LogP) is 5.66. The molecule has 3 nitrogen and oxygen atoms in total. The molecule has 0 unspecified atom stereocenters. The Hall–Kier alpha value is -2.95. The zero-order valence-electron chi connectivity index (χ0n) is 16.1. The highest BCUT2D eigenvalue weighted by Gasteiger charge is 2.43. The fourth-order valence-corrected chi connectivity index (χ4v) is 4.29. The first-order valence-corrected chi connectivity index (χ1v) is 10.2. The molecule has 1 fully saturated rings. The lowest BCUT2D eigenvalue weighted by Crippen LogP contribution is -2.11. The summed E-state index contributed by atoms with van der Waals surface area (Å²) >= 11 is 6.52. The van der Waals surface area contributed by atoms with Crippen molar-refractivity contribution >= 4 is 34.8 Å². The van der Waals surface area contributed by atoms with Gasteiger partial charge in [0.05, 0.1) is 17.3 Å². The zero-order valence-corrected chi connectivity index (χ0v) is 16.8. The molecule has 0 spiro atoms. The monoisotopic (exact) mass is 419 g/mol. The number of hydrogen-bond acceptors (Lipinski definition) is 2. The van der Waals surface area contributed by atoms with Crippen molar-refractivity contribution in [2.75, 3.05) is 11.9 Å². The Morgan fingerprint density at radius 2 is 1.80 bits per heavy atom. The van der Waals surface area contributed by atoms with Crippen molar-refractivity contribution in [3.63, 3.8) is 0 Å². The minimum absolute atomic E-state index is 0.0910. The third kappa shape index (κ3) is 3.13. The van der Waals surface area contributed by atoms with Gasteiger partial charge in [0, 0.05) is 27.7 Å². The number of hydrogen-bond donors (Lipinski definition) is 2. The maximum atomic E-state index is 14.1. The fourth-order valence-electron chi connectivity index (χ4n) is 4.02. The molecule has 3 aromatic rings. The summed E-state index contributed by atoms with van der Waals surface area (Å²) < 4.78 is 14.1. The lowest BCUT2D eigenvalue weighted by Gasteiger charge is -2.14. The Labute approximate surface area is 178 Å². The quantitative estimate of drug-likeness (QED) is 0.536. The van der Waals surface area contributed by atoms with Gasteiger partial charge in [-0.2, -0.15) is 0 Å². The van der Waals surface area contributed by atoms with Crippen LogP contribution in [0.25, 0.3) is 22.8 Å². The van der Waals surface area contributed by atoms with Gasteiger partial charge in [-0.25, -0.2) is 4.39 Å².